The maximum absolute atomic E-state index is 6.41. The summed E-state index contributed by atoms with van der Waals surface area (Å²) in [6.45, 7) is 1.99. The van der Waals surface area contributed by atoms with Gasteiger partial charge in [-0.25, -0.2) is 0 Å². The Morgan fingerprint density at radius 1 is 1.05 bits per heavy atom. The molecule has 1 atom stereocenters. The lowest BCUT2D eigenvalue weighted by molar-refractivity contribution is 0.408. The minimum Gasteiger partial charge on any atom is -0.496 e. The molecule has 21 heavy (non-hydrogen) atoms. The van der Waals surface area contributed by atoms with Crippen molar-refractivity contribution in [3.8, 4) is 5.75 Å². The second-order valence-electron chi connectivity index (χ2n) is 5.12. The zero-order valence-electron chi connectivity index (χ0n) is 12.2. The summed E-state index contributed by atoms with van der Waals surface area (Å²) in [6, 6.07) is 17.9. The topological polar surface area (TPSA) is 48.1 Å². The Bertz CT molecular complexity index is 783. The van der Waals surface area contributed by atoms with Crippen LogP contribution in [0.4, 0.5) is 0 Å². The van der Waals surface area contributed by atoms with Gasteiger partial charge in [-0.1, -0.05) is 30.3 Å². The molecule has 0 aliphatic rings. The maximum atomic E-state index is 6.41. The number of nitrogens with two attached hydrogens (primary N) is 1. The van der Waals surface area contributed by atoms with Gasteiger partial charge in [-0.2, -0.15) is 0 Å². The SMILES string of the molecule is COc1ccccc1C(N)c1ccc2nc(C)ccc2c1. The zero-order chi connectivity index (χ0) is 14.8. The van der Waals surface area contributed by atoms with E-state index in [0.29, 0.717) is 0 Å². The summed E-state index contributed by atoms with van der Waals surface area (Å²) in [4.78, 5) is 4.52. The lowest BCUT2D eigenvalue weighted by Gasteiger charge is -2.16. The van der Waals surface area contributed by atoms with Gasteiger partial charge < -0.3 is 10.5 Å². The van der Waals surface area contributed by atoms with E-state index in [9.17, 15) is 0 Å². The van der Waals surface area contributed by atoms with E-state index >= 15 is 0 Å². The van der Waals surface area contributed by atoms with E-state index in [1.54, 1.807) is 7.11 Å². The maximum Gasteiger partial charge on any atom is 0.123 e. The second kappa shape index (κ2) is 5.54. The van der Waals surface area contributed by atoms with Crippen molar-refractivity contribution in [1.82, 2.24) is 4.98 Å². The van der Waals surface area contributed by atoms with Crippen LogP contribution >= 0.6 is 0 Å². The molecule has 0 saturated heterocycles. The van der Waals surface area contributed by atoms with Crippen molar-refractivity contribution in [2.45, 2.75) is 13.0 Å². The number of methoxy groups -OCH3 is 1. The Morgan fingerprint density at radius 3 is 2.67 bits per heavy atom. The van der Waals surface area contributed by atoms with Gasteiger partial charge in [-0.05, 0) is 36.8 Å². The molecule has 106 valence electrons. The molecule has 3 heteroatoms. The first-order valence-corrected chi connectivity index (χ1v) is 6.95. The number of ether oxygens (including phenoxy) is 1. The minimum absolute atomic E-state index is 0.216. The van der Waals surface area contributed by atoms with Crippen LogP contribution in [0.2, 0.25) is 0 Å². The van der Waals surface area contributed by atoms with Gasteiger partial charge in [0.1, 0.15) is 5.75 Å². The molecular formula is C18H18N2O. The van der Waals surface area contributed by atoms with Crippen LogP contribution in [-0.4, -0.2) is 12.1 Å². The molecule has 0 bridgehead atoms. The number of para-hydroxylation sites is 1. The van der Waals surface area contributed by atoms with Gasteiger partial charge in [0.15, 0.2) is 0 Å². The number of benzene rings is 2. The normalized spacial score (nSPS) is 12.3. The second-order valence-corrected chi connectivity index (χ2v) is 5.12. The number of pyridine rings is 1. The number of nitrogens with zero attached hydrogens (tertiary/aromatic N) is 1. The lowest BCUT2D eigenvalue weighted by Crippen LogP contribution is -2.13. The van der Waals surface area contributed by atoms with Crippen molar-refractivity contribution in [1.29, 1.82) is 0 Å². The fraction of sp³-hybridized carbons (Fsp3) is 0.167. The van der Waals surface area contributed by atoms with Crippen LogP contribution in [0.3, 0.4) is 0 Å². The number of rotatable bonds is 3. The first-order valence-electron chi connectivity index (χ1n) is 6.95. The van der Waals surface area contributed by atoms with E-state index in [2.05, 4.69) is 17.1 Å². The van der Waals surface area contributed by atoms with Crippen LogP contribution < -0.4 is 10.5 Å². The third-order valence-electron chi connectivity index (χ3n) is 3.69. The van der Waals surface area contributed by atoms with E-state index < -0.39 is 0 Å². The summed E-state index contributed by atoms with van der Waals surface area (Å²) in [5, 5.41) is 1.10. The van der Waals surface area contributed by atoms with Crippen molar-refractivity contribution in [2.75, 3.05) is 7.11 Å². The number of hydrogen-bond acceptors (Lipinski definition) is 3. The Labute approximate surface area is 124 Å². The average molecular weight is 278 g/mol. The smallest absolute Gasteiger partial charge is 0.123 e. The largest absolute Gasteiger partial charge is 0.496 e. The molecule has 1 unspecified atom stereocenters. The molecule has 0 aliphatic heterocycles. The molecular weight excluding hydrogens is 260 g/mol. The molecule has 1 aromatic heterocycles. The summed E-state index contributed by atoms with van der Waals surface area (Å²) in [5.41, 5.74) is 10.5. The Morgan fingerprint density at radius 2 is 1.86 bits per heavy atom. The highest BCUT2D eigenvalue weighted by atomic mass is 16.5. The highest BCUT2D eigenvalue weighted by molar-refractivity contribution is 5.79. The third-order valence-corrected chi connectivity index (χ3v) is 3.69. The van der Waals surface area contributed by atoms with E-state index in [-0.39, 0.29) is 6.04 Å². The monoisotopic (exact) mass is 278 g/mol. The molecule has 3 rings (SSSR count). The fourth-order valence-corrected chi connectivity index (χ4v) is 2.54. The van der Waals surface area contributed by atoms with Crippen molar-refractivity contribution in [3.63, 3.8) is 0 Å². The van der Waals surface area contributed by atoms with Crippen LogP contribution in [-0.2, 0) is 0 Å². The van der Waals surface area contributed by atoms with Gasteiger partial charge in [0.05, 0.1) is 18.7 Å². The van der Waals surface area contributed by atoms with Crippen LogP contribution in [0.5, 0.6) is 5.75 Å². The van der Waals surface area contributed by atoms with Crippen LogP contribution in [0.1, 0.15) is 22.9 Å². The number of aryl methyl sites for hydroxylation is 1. The van der Waals surface area contributed by atoms with E-state index in [1.807, 2.05) is 49.4 Å². The van der Waals surface area contributed by atoms with Crippen LogP contribution in [0, 0.1) is 6.92 Å². The molecule has 1 heterocycles. The predicted octanol–water partition coefficient (Wildman–Crippen LogP) is 3.60. The fourth-order valence-electron chi connectivity index (χ4n) is 2.54. The van der Waals surface area contributed by atoms with Gasteiger partial charge in [0.25, 0.3) is 0 Å². The number of fused-ring (bicyclic) bond motifs is 1. The molecule has 0 radical (unpaired) electrons. The summed E-state index contributed by atoms with van der Waals surface area (Å²) in [7, 11) is 1.67. The highest BCUT2D eigenvalue weighted by Crippen LogP contribution is 2.29. The molecule has 3 aromatic rings. The van der Waals surface area contributed by atoms with Crippen molar-refractivity contribution in [3.05, 3.63) is 71.4 Å². The minimum atomic E-state index is -0.216. The van der Waals surface area contributed by atoms with Gasteiger partial charge in [0, 0.05) is 16.6 Å². The Kier molecular flexibility index (Phi) is 3.59. The van der Waals surface area contributed by atoms with E-state index in [0.717, 1.165) is 33.5 Å². The Hall–Kier alpha value is -2.39. The summed E-state index contributed by atoms with van der Waals surface area (Å²) < 4.78 is 5.40. The number of hydrogen-bond donors (Lipinski definition) is 1. The van der Waals surface area contributed by atoms with Crippen LogP contribution in [0.25, 0.3) is 10.9 Å². The molecule has 2 aromatic carbocycles. The van der Waals surface area contributed by atoms with Gasteiger partial charge in [-0.3, -0.25) is 4.98 Å². The quantitative estimate of drug-likeness (QED) is 0.796. The Balaban J connectivity index is 2.05. The third kappa shape index (κ3) is 2.60. The lowest BCUT2D eigenvalue weighted by atomic mass is 9.97. The average Bonchev–Trinajstić information content (AvgIpc) is 2.53. The first-order chi connectivity index (χ1) is 10.2. The molecule has 2 N–H and O–H groups in total. The van der Waals surface area contributed by atoms with Gasteiger partial charge >= 0.3 is 0 Å². The van der Waals surface area contributed by atoms with Gasteiger partial charge in [0.2, 0.25) is 0 Å². The summed E-state index contributed by atoms with van der Waals surface area (Å²) >= 11 is 0. The molecule has 0 fully saturated rings. The molecule has 0 amide bonds. The first kappa shape index (κ1) is 13.6. The van der Waals surface area contributed by atoms with Gasteiger partial charge in [-0.15, -0.1) is 0 Å². The van der Waals surface area contributed by atoms with E-state index in [4.69, 9.17) is 10.5 Å². The van der Waals surface area contributed by atoms with Crippen LogP contribution in [0.15, 0.2) is 54.6 Å². The predicted molar refractivity (Wildman–Crippen MR) is 85.5 cm³/mol. The molecule has 0 spiro atoms. The molecule has 0 aliphatic carbocycles. The van der Waals surface area contributed by atoms with Crippen molar-refractivity contribution in [2.24, 2.45) is 5.73 Å². The standard InChI is InChI=1S/C18H18N2O/c1-12-7-8-13-11-14(9-10-16(13)20-12)18(19)15-5-3-4-6-17(15)21-2/h3-11,18H,19H2,1-2H3. The summed E-state index contributed by atoms with van der Waals surface area (Å²) in [5.74, 6) is 0.812. The highest BCUT2D eigenvalue weighted by Gasteiger charge is 2.14. The molecule has 0 saturated carbocycles. The summed E-state index contributed by atoms with van der Waals surface area (Å²) in [6.07, 6.45) is 0. The zero-order valence-corrected chi connectivity index (χ0v) is 12.2. The molecule has 3 nitrogen and oxygen atoms in total. The number of aromatic nitrogens is 1. The van der Waals surface area contributed by atoms with Crippen molar-refractivity contribution < 1.29 is 4.74 Å². The van der Waals surface area contributed by atoms with E-state index in [1.165, 1.54) is 0 Å². The van der Waals surface area contributed by atoms with Crippen molar-refractivity contribution >= 4 is 10.9 Å².